The van der Waals surface area contributed by atoms with E-state index in [0.29, 0.717) is 11.7 Å². The molecule has 5 nitrogen and oxygen atoms in total. The molecule has 0 fully saturated rings. The van der Waals surface area contributed by atoms with Gasteiger partial charge in [-0.1, -0.05) is 12.1 Å². The van der Waals surface area contributed by atoms with E-state index in [-0.39, 0.29) is 6.04 Å². The van der Waals surface area contributed by atoms with Crippen molar-refractivity contribution in [1.29, 1.82) is 0 Å². The predicted octanol–water partition coefficient (Wildman–Crippen LogP) is 3.80. The van der Waals surface area contributed by atoms with Crippen molar-refractivity contribution in [2.24, 2.45) is 0 Å². The van der Waals surface area contributed by atoms with E-state index < -0.39 is 0 Å². The van der Waals surface area contributed by atoms with Crippen LogP contribution in [0.15, 0.2) is 48.8 Å². The molecule has 0 amide bonds. The van der Waals surface area contributed by atoms with Crippen LogP contribution in [0.1, 0.15) is 25.5 Å². The van der Waals surface area contributed by atoms with Gasteiger partial charge in [0.05, 0.1) is 18.3 Å². The first-order chi connectivity index (χ1) is 12.5. The molecule has 1 aromatic carbocycles. The van der Waals surface area contributed by atoms with Crippen LogP contribution in [0.4, 0.5) is 5.69 Å². The number of benzene rings is 1. The standard InChI is InChI=1S/C20H28N4OS/c1-5-25-19-9-7-6-8-18(19)22-20(26)24(15-14-23(3)4)16(2)17-10-12-21-13-11-17/h6-13,16H,5,14-15H2,1-4H3,(H,22,26)/t16-/m1/s1. The van der Waals surface area contributed by atoms with Gasteiger partial charge in [0.15, 0.2) is 5.11 Å². The zero-order chi connectivity index (χ0) is 18.9. The summed E-state index contributed by atoms with van der Waals surface area (Å²) in [6, 6.07) is 12.1. The van der Waals surface area contributed by atoms with Gasteiger partial charge in [0.1, 0.15) is 5.75 Å². The van der Waals surface area contributed by atoms with Crippen molar-refractivity contribution in [3.05, 3.63) is 54.4 Å². The van der Waals surface area contributed by atoms with Gasteiger partial charge in [-0.25, -0.2) is 0 Å². The summed E-state index contributed by atoms with van der Waals surface area (Å²) in [5, 5.41) is 4.05. The minimum atomic E-state index is 0.136. The average molecular weight is 373 g/mol. The first kappa shape index (κ1) is 20.1. The van der Waals surface area contributed by atoms with E-state index in [1.165, 1.54) is 5.56 Å². The maximum Gasteiger partial charge on any atom is 0.174 e. The Kier molecular flexibility index (Phi) is 7.81. The molecule has 1 heterocycles. The summed E-state index contributed by atoms with van der Waals surface area (Å²) in [7, 11) is 4.13. The average Bonchev–Trinajstić information content (AvgIpc) is 2.64. The summed E-state index contributed by atoms with van der Waals surface area (Å²) in [4.78, 5) is 8.47. The van der Waals surface area contributed by atoms with Crippen molar-refractivity contribution in [3.63, 3.8) is 0 Å². The van der Waals surface area contributed by atoms with E-state index >= 15 is 0 Å². The summed E-state index contributed by atoms with van der Waals surface area (Å²) in [5.74, 6) is 0.807. The topological polar surface area (TPSA) is 40.6 Å². The second-order valence-corrected chi connectivity index (χ2v) is 6.70. The van der Waals surface area contributed by atoms with Crippen LogP contribution in [0.5, 0.6) is 5.75 Å². The molecule has 0 saturated heterocycles. The zero-order valence-electron chi connectivity index (χ0n) is 16.0. The highest BCUT2D eigenvalue weighted by molar-refractivity contribution is 7.80. The number of anilines is 1. The molecule has 0 spiro atoms. The van der Waals surface area contributed by atoms with Crippen molar-refractivity contribution in [2.45, 2.75) is 19.9 Å². The van der Waals surface area contributed by atoms with Crippen LogP contribution >= 0.6 is 12.2 Å². The Balaban J connectivity index is 2.20. The Morgan fingerprint density at radius 1 is 1.15 bits per heavy atom. The van der Waals surface area contributed by atoms with Gasteiger partial charge in [0.25, 0.3) is 0 Å². The molecule has 6 heteroatoms. The summed E-state index contributed by atoms with van der Waals surface area (Å²) >= 11 is 5.75. The number of rotatable bonds is 8. The quantitative estimate of drug-likeness (QED) is 0.711. The van der Waals surface area contributed by atoms with Gasteiger partial charge in [-0.05, 0) is 70.0 Å². The Morgan fingerprint density at radius 3 is 2.50 bits per heavy atom. The lowest BCUT2D eigenvalue weighted by Gasteiger charge is -2.33. The highest BCUT2D eigenvalue weighted by Crippen LogP contribution is 2.26. The van der Waals surface area contributed by atoms with E-state index in [2.05, 4.69) is 41.1 Å². The molecule has 1 aromatic heterocycles. The lowest BCUT2D eigenvalue weighted by Crippen LogP contribution is -2.41. The Morgan fingerprint density at radius 2 is 1.85 bits per heavy atom. The molecule has 2 rings (SSSR count). The Hall–Kier alpha value is -2.18. The molecule has 0 aliphatic carbocycles. The van der Waals surface area contributed by atoms with Gasteiger partial charge in [-0.2, -0.15) is 0 Å². The molecule has 0 aliphatic heterocycles. The number of nitrogens with one attached hydrogen (secondary N) is 1. The number of hydrogen-bond acceptors (Lipinski definition) is 4. The van der Waals surface area contributed by atoms with Gasteiger partial charge in [0.2, 0.25) is 0 Å². The number of thiocarbonyl (C=S) groups is 1. The maximum atomic E-state index is 5.75. The fourth-order valence-corrected chi connectivity index (χ4v) is 3.00. The molecular formula is C20H28N4OS. The largest absolute Gasteiger partial charge is 0.492 e. The number of aromatic nitrogens is 1. The van der Waals surface area contributed by atoms with Crippen LogP contribution in [0, 0.1) is 0 Å². The molecular weight excluding hydrogens is 344 g/mol. The molecule has 1 N–H and O–H groups in total. The summed E-state index contributed by atoms with van der Waals surface area (Å²) < 4.78 is 5.70. The summed E-state index contributed by atoms with van der Waals surface area (Å²) in [5.41, 5.74) is 2.07. The molecule has 2 aromatic rings. The van der Waals surface area contributed by atoms with Gasteiger partial charge >= 0.3 is 0 Å². The van der Waals surface area contributed by atoms with Gasteiger partial charge in [-0.3, -0.25) is 4.98 Å². The second kappa shape index (κ2) is 10.1. The third-order valence-corrected chi connectivity index (χ3v) is 4.47. The third kappa shape index (κ3) is 5.68. The molecule has 0 unspecified atom stereocenters. The third-order valence-electron chi connectivity index (χ3n) is 4.13. The first-order valence-corrected chi connectivity index (χ1v) is 9.27. The smallest absolute Gasteiger partial charge is 0.174 e. The van der Waals surface area contributed by atoms with Crippen molar-refractivity contribution >= 4 is 23.0 Å². The zero-order valence-corrected chi connectivity index (χ0v) is 16.8. The number of nitrogens with zero attached hydrogens (tertiary/aromatic N) is 3. The first-order valence-electron chi connectivity index (χ1n) is 8.87. The van der Waals surface area contributed by atoms with Crippen LogP contribution in [-0.4, -0.2) is 53.7 Å². The number of ether oxygens (including phenoxy) is 1. The van der Waals surface area contributed by atoms with Crippen LogP contribution in [0.25, 0.3) is 0 Å². The molecule has 0 aliphatic rings. The normalized spacial score (nSPS) is 11.9. The summed E-state index contributed by atoms with van der Waals surface area (Å²) in [6.07, 6.45) is 3.63. The lowest BCUT2D eigenvalue weighted by atomic mass is 10.1. The minimum absolute atomic E-state index is 0.136. The molecule has 140 valence electrons. The fraction of sp³-hybridized carbons (Fsp3) is 0.400. The SMILES string of the molecule is CCOc1ccccc1NC(=S)N(CCN(C)C)[C@H](C)c1ccncc1. The van der Waals surface area contributed by atoms with E-state index in [0.717, 1.165) is 24.5 Å². The second-order valence-electron chi connectivity index (χ2n) is 6.31. The number of hydrogen-bond donors (Lipinski definition) is 1. The van der Waals surface area contributed by atoms with Gasteiger partial charge in [0, 0.05) is 25.5 Å². The Bertz CT molecular complexity index is 693. The molecule has 26 heavy (non-hydrogen) atoms. The molecule has 1 atom stereocenters. The Labute approximate surface area is 162 Å². The van der Waals surface area contributed by atoms with Crippen LogP contribution in [-0.2, 0) is 0 Å². The fourth-order valence-electron chi connectivity index (χ4n) is 2.64. The molecule has 0 radical (unpaired) electrons. The van der Waals surface area contributed by atoms with E-state index in [1.807, 2.05) is 55.7 Å². The number of pyridine rings is 1. The predicted molar refractivity (Wildman–Crippen MR) is 112 cm³/mol. The van der Waals surface area contributed by atoms with E-state index in [9.17, 15) is 0 Å². The number of para-hydroxylation sites is 2. The van der Waals surface area contributed by atoms with Crippen LogP contribution < -0.4 is 10.1 Å². The van der Waals surface area contributed by atoms with E-state index in [4.69, 9.17) is 17.0 Å². The minimum Gasteiger partial charge on any atom is -0.492 e. The summed E-state index contributed by atoms with van der Waals surface area (Å²) in [6.45, 7) is 6.48. The van der Waals surface area contributed by atoms with Crippen molar-refractivity contribution < 1.29 is 4.74 Å². The monoisotopic (exact) mass is 372 g/mol. The highest BCUT2D eigenvalue weighted by Gasteiger charge is 2.19. The van der Waals surface area contributed by atoms with Crippen LogP contribution in [0.3, 0.4) is 0 Å². The van der Waals surface area contributed by atoms with Crippen LogP contribution in [0.2, 0.25) is 0 Å². The van der Waals surface area contributed by atoms with Gasteiger partial charge < -0.3 is 19.9 Å². The molecule has 0 saturated carbocycles. The van der Waals surface area contributed by atoms with Crippen molar-refractivity contribution in [2.75, 3.05) is 39.1 Å². The molecule has 0 bridgehead atoms. The van der Waals surface area contributed by atoms with E-state index in [1.54, 1.807) is 0 Å². The van der Waals surface area contributed by atoms with Gasteiger partial charge in [-0.15, -0.1) is 0 Å². The van der Waals surface area contributed by atoms with Crippen molar-refractivity contribution in [1.82, 2.24) is 14.8 Å². The van der Waals surface area contributed by atoms with Crippen molar-refractivity contribution in [3.8, 4) is 5.75 Å². The highest BCUT2D eigenvalue weighted by atomic mass is 32.1. The number of likely N-dealkylation sites (N-methyl/N-ethyl adjacent to an activating group) is 1. The lowest BCUT2D eigenvalue weighted by molar-refractivity contribution is 0.289. The maximum absolute atomic E-state index is 5.75.